The van der Waals surface area contributed by atoms with Gasteiger partial charge in [0.1, 0.15) is 5.75 Å². The van der Waals surface area contributed by atoms with Gasteiger partial charge in [0.25, 0.3) is 0 Å². The van der Waals surface area contributed by atoms with Gasteiger partial charge < -0.3 is 10.1 Å². The normalized spacial score (nSPS) is 18.6. The highest BCUT2D eigenvalue weighted by atomic mass is 16.5. The molecule has 0 aliphatic carbocycles. The summed E-state index contributed by atoms with van der Waals surface area (Å²) in [5.74, 6) is 0.742. The van der Waals surface area contributed by atoms with Gasteiger partial charge in [-0.05, 0) is 37.4 Å². The van der Waals surface area contributed by atoms with E-state index in [1.165, 1.54) is 5.56 Å². The molecule has 0 aromatic heterocycles. The van der Waals surface area contributed by atoms with Crippen LogP contribution in [0.4, 0.5) is 0 Å². The molecule has 0 saturated heterocycles. The molecule has 1 heterocycles. The Morgan fingerprint density at radius 2 is 2.06 bits per heavy atom. The molecule has 3 nitrogen and oxygen atoms in total. The van der Waals surface area contributed by atoms with Crippen molar-refractivity contribution in [2.24, 2.45) is 0 Å². The zero-order valence-electron chi connectivity index (χ0n) is 9.01. The van der Waals surface area contributed by atoms with E-state index in [0.717, 1.165) is 12.0 Å². The Hall–Kier alpha value is -2.03. The second kappa shape index (κ2) is 4.66. The monoisotopic (exact) mass is 215 g/mol. The maximum absolute atomic E-state index is 10.8. The highest BCUT2D eigenvalue weighted by molar-refractivity contribution is 5.75. The fourth-order valence-electron chi connectivity index (χ4n) is 1.44. The van der Waals surface area contributed by atoms with E-state index >= 15 is 0 Å². The Balaban J connectivity index is 2.10. The van der Waals surface area contributed by atoms with E-state index in [0.29, 0.717) is 5.57 Å². The van der Waals surface area contributed by atoms with Gasteiger partial charge in [-0.1, -0.05) is 17.7 Å². The third-order valence-corrected chi connectivity index (χ3v) is 2.35. The standard InChI is InChI=1S/C13H13NO2/c1-10-4-6-12(7-5-10)16-13-11(9-15)3-2-8-14-13/h2-9,13-14H,1H3. The van der Waals surface area contributed by atoms with Gasteiger partial charge in [0, 0.05) is 0 Å². The first-order valence-corrected chi connectivity index (χ1v) is 5.11. The quantitative estimate of drug-likeness (QED) is 0.783. The highest BCUT2D eigenvalue weighted by Crippen LogP contribution is 2.16. The van der Waals surface area contributed by atoms with Crippen LogP contribution in [0, 0.1) is 6.92 Å². The Kier molecular flexibility index (Phi) is 3.05. The first-order valence-electron chi connectivity index (χ1n) is 5.11. The molecule has 82 valence electrons. The van der Waals surface area contributed by atoms with Crippen LogP contribution >= 0.6 is 0 Å². The van der Waals surface area contributed by atoms with Gasteiger partial charge in [0.05, 0.1) is 5.57 Å². The van der Waals surface area contributed by atoms with E-state index in [4.69, 9.17) is 4.74 Å². The van der Waals surface area contributed by atoms with Crippen LogP contribution < -0.4 is 10.1 Å². The predicted molar refractivity (Wildman–Crippen MR) is 62.0 cm³/mol. The summed E-state index contributed by atoms with van der Waals surface area (Å²) in [5, 5.41) is 2.98. The molecule has 0 bridgehead atoms. The molecule has 0 saturated carbocycles. The topological polar surface area (TPSA) is 38.3 Å². The van der Waals surface area contributed by atoms with E-state index in [1.807, 2.05) is 31.2 Å². The van der Waals surface area contributed by atoms with E-state index in [-0.39, 0.29) is 0 Å². The van der Waals surface area contributed by atoms with E-state index in [9.17, 15) is 4.79 Å². The number of ether oxygens (including phenoxy) is 1. The van der Waals surface area contributed by atoms with Crippen molar-refractivity contribution in [3.63, 3.8) is 0 Å². The number of carbonyl (C=O) groups excluding carboxylic acids is 1. The lowest BCUT2D eigenvalue weighted by molar-refractivity contribution is -0.105. The largest absolute Gasteiger partial charge is 0.466 e. The number of aldehydes is 1. The summed E-state index contributed by atoms with van der Waals surface area (Å²) in [5.41, 5.74) is 1.76. The summed E-state index contributed by atoms with van der Waals surface area (Å²) < 4.78 is 5.65. The maximum atomic E-state index is 10.8. The third kappa shape index (κ3) is 2.31. The van der Waals surface area contributed by atoms with E-state index in [2.05, 4.69) is 5.32 Å². The molecule has 2 rings (SSSR count). The van der Waals surface area contributed by atoms with Gasteiger partial charge in [0.2, 0.25) is 0 Å². The predicted octanol–water partition coefficient (Wildman–Crippen LogP) is 1.94. The lowest BCUT2D eigenvalue weighted by Crippen LogP contribution is -2.34. The number of hydrogen-bond donors (Lipinski definition) is 1. The van der Waals surface area contributed by atoms with Crippen LogP contribution in [-0.4, -0.2) is 12.5 Å². The van der Waals surface area contributed by atoms with Crippen LogP contribution in [-0.2, 0) is 4.79 Å². The Labute approximate surface area is 94.4 Å². The minimum Gasteiger partial charge on any atom is -0.466 e. The maximum Gasteiger partial charge on any atom is 0.199 e. The summed E-state index contributed by atoms with van der Waals surface area (Å²) in [6.45, 7) is 2.02. The van der Waals surface area contributed by atoms with Gasteiger partial charge in [0.15, 0.2) is 12.5 Å². The third-order valence-electron chi connectivity index (χ3n) is 2.35. The van der Waals surface area contributed by atoms with Crippen LogP contribution in [0.25, 0.3) is 0 Å². The molecular weight excluding hydrogens is 202 g/mol. The SMILES string of the molecule is Cc1ccc(OC2NC=CC=C2C=O)cc1. The molecule has 16 heavy (non-hydrogen) atoms. The first-order chi connectivity index (χ1) is 7.79. The Morgan fingerprint density at radius 3 is 2.75 bits per heavy atom. The minimum absolute atomic E-state index is 0.398. The molecule has 0 radical (unpaired) electrons. The summed E-state index contributed by atoms with van der Waals surface area (Å²) >= 11 is 0. The number of dihydropyridines is 1. The zero-order chi connectivity index (χ0) is 11.4. The minimum atomic E-state index is -0.398. The van der Waals surface area contributed by atoms with Crippen LogP contribution in [0.1, 0.15) is 5.56 Å². The highest BCUT2D eigenvalue weighted by Gasteiger charge is 2.15. The van der Waals surface area contributed by atoms with Crippen molar-refractivity contribution in [2.75, 3.05) is 0 Å². The molecule has 0 spiro atoms. The molecule has 1 aliphatic heterocycles. The van der Waals surface area contributed by atoms with Crippen molar-refractivity contribution in [3.05, 3.63) is 53.8 Å². The number of allylic oxidation sites excluding steroid dienone is 2. The number of carbonyl (C=O) groups is 1. The molecule has 1 unspecified atom stereocenters. The summed E-state index contributed by atoms with van der Waals surface area (Å²) in [6, 6.07) is 7.71. The second-order valence-corrected chi connectivity index (χ2v) is 3.62. The van der Waals surface area contributed by atoms with Gasteiger partial charge >= 0.3 is 0 Å². The fourth-order valence-corrected chi connectivity index (χ4v) is 1.44. The van der Waals surface area contributed by atoms with E-state index < -0.39 is 6.23 Å². The van der Waals surface area contributed by atoms with Crippen molar-refractivity contribution >= 4 is 6.29 Å². The molecule has 1 aliphatic rings. The second-order valence-electron chi connectivity index (χ2n) is 3.62. The smallest absolute Gasteiger partial charge is 0.199 e. The van der Waals surface area contributed by atoms with Crippen LogP contribution in [0.5, 0.6) is 5.75 Å². The lowest BCUT2D eigenvalue weighted by Gasteiger charge is -2.21. The Morgan fingerprint density at radius 1 is 1.31 bits per heavy atom. The summed E-state index contributed by atoms with van der Waals surface area (Å²) in [6.07, 6.45) is 5.67. The average Bonchev–Trinajstić information content (AvgIpc) is 2.33. The van der Waals surface area contributed by atoms with Gasteiger partial charge in [-0.3, -0.25) is 4.79 Å². The van der Waals surface area contributed by atoms with E-state index in [1.54, 1.807) is 18.4 Å². The molecule has 1 N–H and O–H groups in total. The molecule has 1 atom stereocenters. The Bertz CT molecular complexity index is 432. The molecule has 3 heteroatoms. The number of benzene rings is 1. The average molecular weight is 215 g/mol. The van der Waals surface area contributed by atoms with Crippen molar-refractivity contribution < 1.29 is 9.53 Å². The van der Waals surface area contributed by atoms with Crippen LogP contribution in [0.15, 0.2) is 48.2 Å². The van der Waals surface area contributed by atoms with Crippen molar-refractivity contribution in [1.29, 1.82) is 0 Å². The summed E-state index contributed by atoms with van der Waals surface area (Å²) in [4.78, 5) is 10.8. The van der Waals surface area contributed by atoms with Crippen molar-refractivity contribution in [1.82, 2.24) is 5.32 Å². The van der Waals surface area contributed by atoms with Gasteiger partial charge in [-0.2, -0.15) is 0 Å². The summed E-state index contributed by atoms with van der Waals surface area (Å²) in [7, 11) is 0. The molecule has 0 amide bonds. The zero-order valence-corrected chi connectivity index (χ0v) is 9.01. The fraction of sp³-hybridized carbons (Fsp3) is 0.154. The molecule has 1 aromatic carbocycles. The van der Waals surface area contributed by atoms with Crippen LogP contribution in [0.3, 0.4) is 0 Å². The number of nitrogens with one attached hydrogen (secondary N) is 1. The lowest BCUT2D eigenvalue weighted by atomic mass is 10.2. The van der Waals surface area contributed by atoms with Gasteiger partial charge in [-0.25, -0.2) is 0 Å². The molecule has 0 fully saturated rings. The number of aryl methyl sites for hydroxylation is 1. The van der Waals surface area contributed by atoms with Crippen molar-refractivity contribution in [3.8, 4) is 5.75 Å². The van der Waals surface area contributed by atoms with Crippen molar-refractivity contribution in [2.45, 2.75) is 13.2 Å². The first kappa shape index (κ1) is 10.5. The number of rotatable bonds is 3. The molecular formula is C13H13NO2. The molecule has 1 aromatic rings. The van der Waals surface area contributed by atoms with Gasteiger partial charge in [-0.15, -0.1) is 0 Å². The number of hydrogen-bond acceptors (Lipinski definition) is 3. The van der Waals surface area contributed by atoms with Crippen LogP contribution in [0.2, 0.25) is 0 Å².